The van der Waals surface area contributed by atoms with E-state index in [4.69, 9.17) is 5.73 Å². The lowest BCUT2D eigenvalue weighted by atomic mass is 10.1. The normalized spacial score (nSPS) is 16.6. The van der Waals surface area contributed by atoms with Crippen LogP contribution in [0.4, 0.5) is 0 Å². The fraction of sp³-hybridized carbons (Fsp3) is 0.500. The van der Waals surface area contributed by atoms with E-state index in [2.05, 4.69) is 29.6 Å². The summed E-state index contributed by atoms with van der Waals surface area (Å²) in [5.41, 5.74) is 8.19. The molecular formula is C14H20N2O. The standard InChI is InChI=1S/C14H20N2O/c1-10(6-7-15)14(17)16-13-8-11-4-2-3-5-12(11)9-13/h2-5,10,13H,6-9,15H2,1H3,(H,16,17). The van der Waals surface area contributed by atoms with Gasteiger partial charge in [-0.05, 0) is 36.9 Å². The van der Waals surface area contributed by atoms with Crippen molar-refractivity contribution in [3.05, 3.63) is 35.4 Å². The van der Waals surface area contributed by atoms with E-state index in [0.29, 0.717) is 6.54 Å². The van der Waals surface area contributed by atoms with Gasteiger partial charge in [-0.2, -0.15) is 0 Å². The highest BCUT2D eigenvalue weighted by Gasteiger charge is 2.23. The summed E-state index contributed by atoms with van der Waals surface area (Å²) in [4.78, 5) is 11.9. The summed E-state index contributed by atoms with van der Waals surface area (Å²) in [6.07, 6.45) is 2.67. The maximum Gasteiger partial charge on any atom is 0.223 e. The van der Waals surface area contributed by atoms with Gasteiger partial charge in [0.05, 0.1) is 0 Å². The van der Waals surface area contributed by atoms with Crippen molar-refractivity contribution in [2.24, 2.45) is 11.7 Å². The maximum atomic E-state index is 11.9. The molecule has 0 spiro atoms. The second kappa shape index (κ2) is 5.32. The summed E-state index contributed by atoms with van der Waals surface area (Å²) >= 11 is 0. The van der Waals surface area contributed by atoms with Gasteiger partial charge in [0.25, 0.3) is 0 Å². The smallest absolute Gasteiger partial charge is 0.223 e. The number of hydrogen-bond acceptors (Lipinski definition) is 2. The molecule has 1 unspecified atom stereocenters. The van der Waals surface area contributed by atoms with Crippen LogP contribution in [0, 0.1) is 5.92 Å². The first-order valence-electron chi connectivity index (χ1n) is 6.28. The van der Waals surface area contributed by atoms with Crippen molar-refractivity contribution in [1.82, 2.24) is 5.32 Å². The highest BCUT2D eigenvalue weighted by Crippen LogP contribution is 2.21. The molecule has 3 heteroatoms. The Balaban J connectivity index is 1.89. The second-order valence-corrected chi connectivity index (χ2v) is 4.86. The number of amides is 1. The van der Waals surface area contributed by atoms with Gasteiger partial charge in [0, 0.05) is 12.0 Å². The molecule has 1 amide bonds. The van der Waals surface area contributed by atoms with Gasteiger partial charge in [-0.3, -0.25) is 4.79 Å². The molecule has 0 aliphatic heterocycles. The molecule has 0 heterocycles. The number of carbonyl (C=O) groups is 1. The van der Waals surface area contributed by atoms with Crippen molar-refractivity contribution in [3.8, 4) is 0 Å². The summed E-state index contributed by atoms with van der Waals surface area (Å²) in [6.45, 7) is 2.50. The number of benzene rings is 1. The zero-order valence-electron chi connectivity index (χ0n) is 10.3. The first kappa shape index (κ1) is 12.1. The number of carbonyl (C=O) groups excluding carboxylic acids is 1. The molecule has 0 radical (unpaired) electrons. The van der Waals surface area contributed by atoms with E-state index < -0.39 is 0 Å². The van der Waals surface area contributed by atoms with Crippen LogP contribution in [-0.4, -0.2) is 18.5 Å². The molecule has 1 aromatic rings. The molecule has 3 nitrogen and oxygen atoms in total. The van der Waals surface area contributed by atoms with E-state index >= 15 is 0 Å². The van der Waals surface area contributed by atoms with Gasteiger partial charge in [0.15, 0.2) is 0 Å². The Bertz CT molecular complexity index is 378. The Morgan fingerprint density at radius 1 is 1.41 bits per heavy atom. The predicted molar refractivity (Wildman–Crippen MR) is 68.6 cm³/mol. The minimum atomic E-state index is 0.0173. The van der Waals surface area contributed by atoms with Gasteiger partial charge < -0.3 is 11.1 Å². The second-order valence-electron chi connectivity index (χ2n) is 4.86. The maximum absolute atomic E-state index is 11.9. The van der Waals surface area contributed by atoms with Gasteiger partial charge >= 0.3 is 0 Å². The molecule has 0 saturated carbocycles. The fourth-order valence-electron chi connectivity index (χ4n) is 2.39. The average Bonchev–Trinajstić information content (AvgIpc) is 2.71. The van der Waals surface area contributed by atoms with Crippen molar-refractivity contribution in [2.75, 3.05) is 6.54 Å². The van der Waals surface area contributed by atoms with Gasteiger partial charge in [0.2, 0.25) is 5.91 Å². The molecular weight excluding hydrogens is 212 g/mol. The number of rotatable bonds is 4. The molecule has 0 fully saturated rings. The molecule has 0 aromatic heterocycles. The van der Waals surface area contributed by atoms with Crippen LogP contribution in [0.15, 0.2) is 24.3 Å². The van der Waals surface area contributed by atoms with E-state index in [9.17, 15) is 4.79 Å². The average molecular weight is 232 g/mol. The highest BCUT2D eigenvalue weighted by atomic mass is 16.1. The molecule has 17 heavy (non-hydrogen) atoms. The molecule has 0 saturated heterocycles. The first-order chi connectivity index (χ1) is 8.20. The van der Waals surface area contributed by atoms with Gasteiger partial charge in [-0.25, -0.2) is 0 Å². The number of nitrogens with one attached hydrogen (secondary N) is 1. The SMILES string of the molecule is CC(CCN)C(=O)NC1Cc2ccccc2C1. The minimum absolute atomic E-state index is 0.0173. The molecule has 1 aliphatic carbocycles. The molecule has 1 aromatic carbocycles. The predicted octanol–water partition coefficient (Wildman–Crippen LogP) is 1.25. The van der Waals surface area contributed by atoms with Crippen molar-refractivity contribution in [3.63, 3.8) is 0 Å². The highest BCUT2D eigenvalue weighted by molar-refractivity contribution is 5.78. The van der Waals surface area contributed by atoms with E-state index in [1.165, 1.54) is 11.1 Å². The summed E-state index contributed by atoms with van der Waals surface area (Å²) in [7, 11) is 0. The lowest BCUT2D eigenvalue weighted by molar-refractivity contribution is -0.125. The van der Waals surface area contributed by atoms with Crippen molar-refractivity contribution in [1.29, 1.82) is 0 Å². The fourth-order valence-corrected chi connectivity index (χ4v) is 2.39. The Hall–Kier alpha value is -1.35. The monoisotopic (exact) mass is 232 g/mol. The zero-order valence-corrected chi connectivity index (χ0v) is 10.3. The van der Waals surface area contributed by atoms with Crippen LogP contribution < -0.4 is 11.1 Å². The third kappa shape index (κ3) is 2.86. The molecule has 2 rings (SSSR count). The zero-order chi connectivity index (χ0) is 12.3. The quantitative estimate of drug-likeness (QED) is 0.821. The van der Waals surface area contributed by atoms with Crippen molar-refractivity contribution >= 4 is 5.91 Å². The van der Waals surface area contributed by atoms with E-state index in [-0.39, 0.29) is 17.9 Å². The van der Waals surface area contributed by atoms with Crippen LogP contribution >= 0.6 is 0 Å². The lowest BCUT2D eigenvalue weighted by Crippen LogP contribution is -2.39. The third-order valence-corrected chi connectivity index (χ3v) is 3.44. The van der Waals surface area contributed by atoms with Crippen molar-refractivity contribution < 1.29 is 4.79 Å². The van der Waals surface area contributed by atoms with Crippen molar-refractivity contribution in [2.45, 2.75) is 32.2 Å². The Morgan fingerprint density at radius 3 is 2.53 bits per heavy atom. The minimum Gasteiger partial charge on any atom is -0.352 e. The van der Waals surface area contributed by atoms with Gasteiger partial charge in [-0.15, -0.1) is 0 Å². The van der Waals surface area contributed by atoms with Crippen LogP contribution in [0.25, 0.3) is 0 Å². The summed E-state index contributed by atoms with van der Waals surface area (Å²) < 4.78 is 0. The molecule has 1 aliphatic rings. The summed E-state index contributed by atoms with van der Waals surface area (Å²) in [6, 6.07) is 8.66. The number of nitrogens with two attached hydrogens (primary N) is 1. The molecule has 92 valence electrons. The van der Waals surface area contributed by atoms with E-state index in [0.717, 1.165) is 19.3 Å². The first-order valence-corrected chi connectivity index (χ1v) is 6.28. The molecule has 1 atom stereocenters. The Labute approximate surface area is 102 Å². The largest absolute Gasteiger partial charge is 0.352 e. The Kier molecular flexibility index (Phi) is 3.79. The lowest BCUT2D eigenvalue weighted by Gasteiger charge is -2.16. The third-order valence-electron chi connectivity index (χ3n) is 3.44. The van der Waals surface area contributed by atoms with E-state index in [1.54, 1.807) is 0 Å². The van der Waals surface area contributed by atoms with E-state index in [1.807, 2.05) is 6.92 Å². The van der Waals surface area contributed by atoms with Crippen LogP contribution in [0.1, 0.15) is 24.5 Å². The van der Waals surface area contributed by atoms with Crippen LogP contribution in [0.3, 0.4) is 0 Å². The van der Waals surface area contributed by atoms with Crippen LogP contribution in [0.2, 0.25) is 0 Å². The number of hydrogen-bond donors (Lipinski definition) is 2. The van der Waals surface area contributed by atoms with Crippen LogP contribution in [-0.2, 0) is 17.6 Å². The number of fused-ring (bicyclic) bond motifs is 1. The summed E-state index contributed by atoms with van der Waals surface area (Å²) in [5.74, 6) is 0.150. The summed E-state index contributed by atoms with van der Waals surface area (Å²) in [5, 5.41) is 3.12. The molecule has 3 N–H and O–H groups in total. The van der Waals surface area contributed by atoms with Gasteiger partial charge in [0.1, 0.15) is 0 Å². The van der Waals surface area contributed by atoms with Crippen LogP contribution in [0.5, 0.6) is 0 Å². The topological polar surface area (TPSA) is 55.1 Å². The molecule has 0 bridgehead atoms. The van der Waals surface area contributed by atoms with Gasteiger partial charge in [-0.1, -0.05) is 31.2 Å². The Morgan fingerprint density at radius 2 is 2.00 bits per heavy atom.